The van der Waals surface area contributed by atoms with Gasteiger partial charge in [-0.1, -0.05) is 31.5 Å². The third kappa shape index (κ3) is 3.20. The van der Waals surface area contributed by atoms with Crippen LogP contribution in [0.3, 0.4) is 0 Å². The molecule has 78 valence electrons. The molecule has 1 rings (SSSR count). The van der Waals surface area contributed by atoms with Crippen molar-refractivity contribution in [3.05, 3.63) is 28.8 Å². The highest BCUT2D eigenvalue weighted by molar-refractivity contribution is 6.32. The summed E-state index contributed by atoms with van der Waals surface area (Å²) in [6.45, 7) is 5.07. The van der Waals surface area contributed by atoms with Crippen molar-refractivity contribution < 1.29 is 4.74 Å². The molecule has 0 unspecified atom stereocenters. The van der Waals surface area contributed by atoms with E-state index in [1.807, 2.05) is 18.2 Å². The fourth-order valence-corrected chi connectivity index (χ4v) is 1.42. The van der Waals surface area contributed by atoms with Crippen LogP contribution in [0.2, 0.25) is 5.02 Å². The normalized spacial score (nSPS) is 10.6. The summed E-state index contributed by atoms with van der Waals surface area (Å²) in [7, 11) is 1.62. The maximum atomic E-state index is 5.99. The van der Waals surface area contributed by atoms with Crippen LogP contribution < -0.4 is 10.1 Å². The molecule has 0 aliphatic carbocycles. The lowest BCUT2D eigenvalue weighted by Gasteiger charge is -2.09. The first-order valence-corrected chi connectivity index (χ1v) is 5.07. The minimum Gasteiger partial charge on any atom is -0.495 e. The lowest BCUT2D eigenvalue weighted by atomic mass is 10.2. The molecule has 1 N–H and O–H groups in total. The van der Waals surface area contributed by atoms with E-state index in [0.717, 1.165) is 12.3 Å². The molecule has 0 radical (unpaired) electrons. The number of ether oxygens (including phenoxy) is 1. The second-order valence-corrected chi connectivity index (χ2v) is 3.91. The first kappa shape index (κ1) is 11.3. The summed E-state index contributed by atoms with van der Waals surface area (Å²) in [6.07, 6.45) is 0. The molecule has 0 saturated carbocycles. The van der Waals surface area contributed by atoms with Gasteiger partial charge in [0, 0.05) is 12.6 Å². The molecule has 0 heterocycles. The topological polar surface area (TPSA) is 21.3 Å². The Bertz CT molecular complexity index is 299. The van der Waals surface area contributed by atoms with Gasteiger partial charge in [-0.25, -0.2) is 0 Å². The Balaban J connectivity index is 2.66. The zero-order valence-electron chi connectivity index (χ0n) is 8.80. The molecule has 2 nitrogen and oxygen atoms in total. The monoisotopic (exact) mass is 213 g/mol. The average molecular weight is 214 g/mol. The minimum atomic E-state index is 0.482. The molecule has 0 aromatic heterocycles. The van der Waals surface area contributed by atoms with Gasteiger partial charge in [0.1, 0.15) is 5.75 Å². The second-order valence-electron chi connectivity index (χ2n) is 3.50. The SMILES string of the molecule is COc1ccc(CNC(C)C)cc1Cl. The summed E-state index contributed by atoms with van der Waals surface area (Å²) in [5.74, 6) is 0.722. The fraction of sp³-hybridized carbons (Fsp3) is 0.455. The molecule has 0 saturated heterocycles. The van der Waals surface area contributed by atoms with E-state index in [1.54, 1.807) is 7.11 Å². The summed E-state index contributed by atoms with van der Waals surface area (Å²) in [5.41, 5.74) is 1.17. The van der Waals surface area contributed by atoms with E-state index in [4.69, 9.17) is 16.3 Å². The van der Waals surface area contributed by atoms with E-state index in [9.17, 15) is 0 Å². The molecule has 3 heteroatoms. The van der Waals surface area contributed by atoms with Crippen LogP contribution in [0.5, 0.6) is 5.75 Å². The molecular formula is C11H16ClNO. The van der Waals surface area contributed by atoms with Gasteiger partial charge in [-0.2, -0.15) is 0 Å². The summed E-state index contributed by atoms with van der Waals surface area (Å²) in [4.78, 5) is 0. The van der Waals surface area contributed by atoms with Crippen LogP contribution in [0.1, 0.15) is 19.4 Å². The van der Waals surface area contributed by atoms with Crippen LogP contribution in [0.25, 0.3) is 0 Å². The van der Waals surface area contributed by atoms with Crippen molar-refractivity contribution in [3.8, 4) is 5.75 Å². The van der Waals surface area contributed by atoms with Crippen molar-refractivity contribution in [1.82, 2.24) is 5.32 Å². The number of nitrogens with one attached hydrogen (secondary N) is 1. The van der Waals surface area contributed by atoms with Crippen LogP contribution in [-0.4, -0.2) is 13.2 Å². The summed E-state index contributed by atoms with van der Waals surface area (Å²) < 4.78 is 5.07. The van der Waals surface area contributed by atoms with E-state index in [1.165, 1.54) is 5.56 Å². The standard InChI is InChI=1S/C11H16ClNO/c1-8(2)13-7-9-4-5-11(14-3)10(12)6-9/h4-6,8,13H,7H2,1-3H3. The van der Waals surface area contributed by atoms with Gasteiger partial charge in [0.25, 0.3) is 0 Å². The Morgan fingerprint density at radius 2 is 2.14 bits per heavy atom. The first-order valence-electron chi connectivity index (χ1n) is 4.69. The molecule has 0 atom stereocenters. The molecule has 1 aromatic rings. The quantitative estimate of drug-likeness (QED) is 0.831. The van der Waals surface area contributed by atoms with E-state index < -0.39 is 0 Å². The van der Waals surface area contributed by atoms with Gasteiger partial charge in [-0.05, 0) is 17.7 Å². The molecular weight excluding hydrogens is 198 g/mol. The maximum absolute atomic E-state index is 5.99. The highest BCUT2D eigenvalue weighted by Gasteiger charge is 2.01. The zero-order valence-corrected chi connectivity index (χ0v) is 9.56. The molecule has 0 aliphatic rings. The third-order valence-electron chi connectivity index (χ3n) is 1.93. The van der Waals surface area contributed by atoms with Crippen molar-refractivity contribution in [2.45, 2.75) is 26.4 Å². The summed E-state index contributed by atoms with van der Waals surface area (Å²) >= 11 is 5.99. The summed E-state index contributed by atoms with van der Waals surface area (Å²) in [5, 5.41) is 3.99. The van der Waals surface area contributed by atoms with Crippen LogP contribution >= 0.6 is 11.6 Å². The maximum Gasteiger partial charge on any atom is 0.137 e. The molecule has 0 aliphatic heterocycles. The zero-order chi connectivity index (χ0) is 10.6. The van der Waals surface area contributed by atoms with Gasteiger partial charge in [0.2, 0.25) is 0 Å². The molecule has 14 heavy (non-hydrogen) atoms. The first-order chi connectivity index (χ1) is 6.63. The Hall–Kier alpha value is -0.730. The number of hydrogen-bond donors (Lipinski definition) is 1. The van der Waals surface area contributed by atoms with Gasteiger partial charge in [-0.3, -0.25) is 0 Å². The number of hydrogen-bond acceptors (Lipinski definition) is 2. The van der Waals surface area contributed by atoms with E-state index >= 15 is 0 Å². The smallest absolute Gasteiger partial charge is 0.137 e. The highest BCUT2D eigenvalue weighted by atomic mass is 35.5. The van der Waals surface area contributed by atoms with Crippen LogP contribution in [0, 0.1) is 0 Å². The van der Waals surface area contributed by atoms with E-state index in [-0.39, 0.29) is 0 Å². The predicted molar refractivity (Wildman–Crippen MR) is 60.0 cm³/mol. The number of benzene rings is 1. The van der Waals surface area contributed by atoms with Crippen molar-refractivity contribution in [2.75, 3.05) is 7.11 Å². The number of halogens is 1. The summed E-state index contributed by atoms with van der Waals surface area (Å²) in [6, 6.07) is 6.31. The van der Waals surface area contributed by atoms with Gasteiger partial charge < -0.3 is 10.1 Å². The van der Waals surface area contributed by atoms with Crippen molar-refractivity contribution >= 4 is 11.6 Å². The fourth-order valence-electron chi connectivity index (χ4n) is 1.14. The van der Waals surface area contributed by atoms with Crippen LogP contribution in [-0.2, 0) is 6.54 Å². The highest BCUT2D eigenvalue weighted by Crippen LogP contribution is 2.24. The predicted octanol–water partition coefficient (Wildman–Crippen LogP) is 2.85. The lowest BCUT2D eigenvalue weighted by Crippen LogP contribution is -2.21. The average Bonchev–Trinajstić information content (AvgIpc) is 2.15. The molecule has 1 aromatic carbocycles. The van der Waals surface area contributed by atoms with E-state index in [0.29, 0.717) is 11.1 Å². The molecule has 0 fully saturated rings. The van der Waals surface area contributed by atoms with Gasteiger partial charge >= 0.3 is 0 Å². The van der Waals surface area contributed by atoms with Crippen molar-refractivity contribution in [3.63, 3.8) is 0 Å². The van der Waals surface area contributed by atoms with Crippen molar-refractivity contribution in [1.29, 1.82) is 0 Å². The van der Waals surface area contributed by atoms with Gasteiger partial charge in [-0.15, -0.1) is 0 Å². The lowest BCUT2D eigenvalue weighted by molar-refractivity contribution is 0.415. The van der Waals surface area contributed by atoms with Crippen LogP contribution in [0.4, 0.5) is 0 Å². The minimum absolute atomic E-state index is 0.482. The molecule has 0 spiro atoms. The largest absolute Gasteiger partial charge is 0.495 e. The number of rotatable bonds is 4. The van der Waals surface area contributed by atoms with Crippen LogP contribution in [0.15, 0.2) is 18.2 Å². The Morgan fingerprint density at radius 3 is 2.64 bits per heavy atom. The van der Waals surface area contributed by atoms with Gasteiger partial charge in [0.15, 0.2) is 0 Å². The number of methoxy groups -OCH3 is 1. The Labute approximate surface area is 90.2 Å². The van der Waals surface area contributed by atoms with Gasteiger partial charge in [0.05, 0.1) is 12.1 Å². The Morgan fingerprint density at radius 1 is 1.43 bits per heavy atom. The molecule has 0 bridgehead atoms. The van der Waals surface area contributed by atoms with Crippen molar-refractivity contribution in [2.24, 2.45) is 0 Å². The second kappa shape index (κ2) is 5.23. The van der Waals surface area contributed by atoms with E-state index in [2.05, 4.69) is 19.2 Å². The molecule has 0 amide bonds. The third-order valence-corrected chi connectivity index (χ3v) is 2.23. The Kier molecular flexibility index (Phi) is 4.23.